The fourth-order valence-electron chi connectivity index (χ4n) is 2.39. The van der Waals surface area contributed by atoms with Crippen molar-refractivity contribution in [2.24, 2.45) is 14.1 Å². The predicted molar refractivity (Wildman–Crippen MR) is 88.6 cm³/mol. The Kier molecular flexibility index (Phi) is 3.60. The molecule has 0 aliphatic rings. The zero-order chi connectivity index (χ0) is 17.4. The Balaban J connectivity index is 2.11. The van der Waals surface area contributed by atoms with Gasteiger partial charge in [0.05, 0.1) is 10.5 Å². The van der Waals surface area contributed by atoms with Crippen LogP contribution in [0, 0.1) is 10.1 Å². The number of hydrogen-bond donors (Lipinski definition) is 1. The van der Waals surface area contributed by atoms with Gasteiger partial charge in [-0.2, -0.15) is 0 Å². The van der Waals surface area contributed by atoms with Gasteiger partial charge in [-0.1, -0.05) is 12.1 Å². The molecule has 0 saturated carbocycles. The number of aromatic nitrogens is 4. The van der Waals surface area contributed by atoms with E-state index in [-0.39, 0.29) is 16.9 Å². The van der Waals surface area contributed by atoms with E-state index >= 15 is 0 Å². The van der Waals surface area contributed by atoms with Gasteiger partial charge in [0.2, 0.25) is 0 Å². The van der Waals surface area contributed by atoms with Crippen LogP contribution < -0.4 is 11.2 Å². The van der Waals surface area contributed by atoms with E-state index in [9.17, 15) is 19.7 Å². The Morgan fingerprint density at radius 1 is 1.17 bits per heavy atom. The molecule has 3 aromatic rings. The van der Waals surface area contributed by atoms with Crippen molar-refractivity contribution in [3.8, 4) is 0 Å². The number of imidazole rings is 1. The van der Waals surface area contributed by atoms with Gasteiger partial charge in [0.1, 0.15) is 11.3 Å². The summed E-state index contributed by atoms with van der Waals surface area (Å²) in [4.78, 5) is 41.6. The number of benzene rings is 1. The quantitative estimate of drug-likeness (QED) is 0.570. The molecule has 24 heavy (non-hydrogen) atoms. The molecule has 122 valence electrons. The summed E-state index contributed by atoms with van der Waals surface area (Å²) < 4.78 is 2.24. The van der Waals surface area contributed by atoms with E-state index in [0.717, 1.165) is 4.57 Å². The summed E-state index contributed by atoms with van der Waals surface area (Å²) in [6.07, 6.45) is 3.05. The van der Waals surface area contributed by atoms with E-state index in [1.165, 1.54) is 36.9 Å². The molecule has 1 N–H and O–H groups in total. The third-order valence-corrected chi connectivity index (χ3v) is 3.67. The van der Waals surface area contributed by atoms with Crippen LogP contribution in [-0.4, -0.2) is 24.0 Å². The van der Waals surface area contributed by atoms with Gasteiger partial charge < -0.3 is 4.98 Å². The maximum absolute atomic E-state index is 12.1. The van der Waals surface area contributed by atoms with Gasteiger partial charge in [-0.3, -0.25) is 24.0 Å². The normalized spacial score (nSPS) is 11.4. The van der Waals surface area contributed by atoms with Crippen molar-refractivity contribution >= 4 is 29.0 Å². The smallest absolute Gasteiger partial charge is 0.332 e. The van der Waals surface area contributed by atoms with Crippen molar-refractivity contribution < 1.29 is 4.92 Å². The lowest BCUT2D eigenvalue weighted by Crippen LogP contribution is -2.36. The number of hydrogen-bond acceptors (Lipinski definition) is 5. The highest BCUT2D eigenvalue weighted by Crippen LogP contribution is 2.20. The van der Waals surface area contributed by atoms with E-state index in [1.54, 1.807) is 18.2 Å². The van der Waals surface area contributed by atoms with E-state index in [0.29, 0.717) is 11.4 Å². The van der Waals surface area contributed by atoms with E-state index < -0.39 is 16.2 Å². The van der Waals surface area contributed by atoms with Crippen LogP contribution in [0.15, 0.2) is 33.9 Å². The Hall–Kier alpha value is -3.49. The largest absolute Gasteiger partial charge is 0.333 e. The third kappa shape index (κ3) is 2.41. The monoisotopic (exact) mass is 327 g/mol. The van der Waals surface area contributed by atoms with Crippen LogP contribution >= 0.6 is 0 Å². The second-order valence-corrected chi connectivity index (χ2v) is 5.18. The standard InChI is InChI=1S/C15H13N5O4/c1-18-13-12(14(21)19(2)15(18)22)16-11(17-13)8-7-9-5-3-4-6-10(9)20(23)24/h3-8H,1-2H3,(H,16,17)/b8-7+. The maximum Gasteiger partial charge on any atom is 0.332 e. The SMILES string of the molecule is Cn1c(=O)c2[nH]c(/C=C/c3ccccc3[N+](=O)[O-])nc2n(C)c1=O. The zero-order valence-electron chi connectivity index (χ0n) is 12.9. The number of H-pyrrole nitrogens is 1. The lowest BCUT2D eigenvalue weighted by atomic mass is 10.1. The summed E-state index contributed by atoms with van der Waals surface area (Å²) in [5, 5.41) is 11.0. The molecule has 0 saturated heterocycles. The number of aryl methyl sites for hydroxylation is 1. The first-order chi connectivity index (χ1) is 11.4. The number of nitrogens with one attached hydrogen (secondary N) is 1. The lowest BCUT2D eigenvalue weighted by molar-refractivity contribution is -0.385. The molecule has 0 aliphatic heterocycles. The molecule has 0 bridgehead atoms. The molecule has 0 radical (unpaired) electrons. The molecule has 9 heteroatoms. The summed E-state index contributed by atoms with van der Waals surface area (Å²) in [7, 11) is 2.90. The van der Waals surface area contributed by atoms with Crippen LogP contribution in [0.1, 0.15) is 11.4 Å². The summed E-state index contributed by atoms with van der Waals surface area (Å²) in [5.41, 5.74) is -0.163. The molecule has 0 spiro atoms. The molecular formula is C15H13N5O4. The van der Waals surface area contributed by atoms with Crippen LogP contribution in [-0.2, 0) is 14.1 Å². The van der Waals surface area contributed by atoms with Gasteiger partial charge in [-0.25, -0.2) is 9.78 Å². The Bertz CT molecular complexity index is 1100. The first kappa shape index (κ1) is 15.4. The number of nitro groups is 1. The van der Waals surface area contributed by atoms with Crippen molar-refractivity contribution in [1.29, 1.82) is 0 Å². The van der Waals surface area contributed by atoms with Crippen molar-refractivity contribution in [3.05, 3.63) is 66.6 Å². The number of para-hydroxylation sites is 1. The average Bonchev–Trinajstić information content (AvgIpc) is 3.01. The number of rotatable bonds is 3. The lowest BCUT2D eigenvalue weighted by Gasteiger charge is -2.00. The number of aromatic amines is 1. The zero-order valence-corrected chi connectivity index (χ0v) is 12.9. The molecule has 0 atom stereocenters. The second-order valence-electron chi connectivity index (χ2n) is 5.18. The molecule has 2 aromatic heterocycles. The molecule has 0 fully saturated rings. The van der Waals surface area contributed by atoms with Gasteiger partial charge >= 0.3 is 5.69 Å². The van der Waals surface area contributed by atoms with Gasteiger partial charge in [-0.05, 0) is 18.2 Å². The molecule has 1 aromatic carbocycles. The minimum atomic E-state index is -0.481. The van der Waals surface area contributed by atoms with Crippen LogP contribution in [0.2, 0.25) is 0 Å². The highest BCUT2D eigenvalue weighted by atomic mass is 16.6. The third-order valence-electron chi connectivity index (χ3n) is 3.67. The number of nitrogens with zero attached hydrogens (tertiary/aromatic N) is 4. The van der Waals surface area contributed by atoms with Crippen LogP contribution in [0.5, 0.6) is 0 Å². The molecule has 9 nitrogen and oxygen atoms in total. The average molecular weight is 327 g/mol. The molecule has 0 aliphatic carbocycles. The van der Waals surface area contributed by atoms with Gasteiger partial charge in [0.25, 0.3) is 11.2 Å². The summed E-state index contributed by atoms with van der Waals surface area (Å²) >= 11 is 0. The topological polar surface area (TPSA) is 116 Å². The molecule has 0 unspecified atom stereocenters. The number of nitro benzene ring substituents is 1. The van der Waals surface area contributed by atoms with Crippen molar-refractivity contribution in [1.82, 2.24) is 19.1 Å². The maximum atomic E-state index is 12.1. The minimum absolute atomic E-state index is 0.0341. The Labute approximate surface area is 134 Å². The summed E-state index contributed by atoms with van der Waals surface area (Å²) in [6.45, 7) is 0. The van der Waals surface area contributed by atoms with Crippen molar-refractivity contribution in [2.45, 2.75) is 0 Å². The van der Waals surface area contributed by atoms with Crippen LogP contribution in [0.25, 0.3) is 23.3 Å². The van der Waals surface area contributed by atoms with E-state index in [2.05, 4.69) is 9.97 Å². The highest BCUT2D eigenvalue weighted by molar-refractivity contribution is 5.77. The van der Waals surface area contributed by atoms with Gasteiger partial charge in [0, 0.05) is 20.2 Å². The van der Waals surface area contributed by atoms with Crippen LogP contribution in [0.3, 0.4) is 0 Å². The van der Waals surface area contributed by atoms with Crippen molar-refractivity contribution in [2.75, 3.05) is 0 Å². The molecule has 0 amide bonds. The number of fused-ring (bicyclic) bond motifs is 1. The van der Waals surface area contributed by atoms with E-state index in [1.807, 2.05) is 0 Å². The van der Waals surface area contributed by atoms with Crippen molar-refractivity contribution in [3.63, 3.8) is 0 Å². The summed E-state index contributed by atoms with van der Waals surface area (Å²) in [6, 6.07) is 6.27. The fourth-order valence-corrected chi connectivity index (χ4v) is 2.39. The predicted octanol–water partition coefficient (Wildman–Crippen LogP) is 1.04. The van der Waals surface area contributed by atoms with Gasteiger partial charge in [0.15, 0.2) is 5.65 Å². The van der Waals surface area contributed by atoms with Crippen LogP contribution in [0.4, 0.5) is 5.69 Å². The molecular weight excluding hydrogens is 314 g/mol. The Morgan fingerprint density at radius 2 is 1.88 bits per heavy atom. The Morgan fingerprint density at radius 3 is 2.58 bits per heavy atom. The molecule has 2 heterocycles. The highest BCUT2D eigenvalue weighted by Gasteiger charge is 2.13. The fraction of sp³-hybridized carbons (Fsp3) is 0.133. The molecule has 3 rings (SSSR count). The van der Waals surface area contributed by atoms with Gasteiger partial charge in [-0.15, -0.1) is 0 Å². The van der Waals surface area contributed by atoms with E-state index in [4.69, 9.17) is 0 Å². The summed E-state index contributed by atoms with van der Waals surface area (Å²) in [5.74, 6) is 0.321. The minimum Gasteiger partial charge on any atom is -0.333 e. The second kappa shape index (κ2) is 5.61. The first-order valence-corrected chi connectivity index (χ1v) is 6.97. The first-order valence-electron chi connectivity index (χ1n) is 6.97.